The van der Waals surface area contributed by atoms with Gasteiger partial charge >= 0.3 is 0 Å². The van der Waals surface area contributed by atoms with Crippen molar-refractivity contribution in [3.63, 3.8) is 0 Å². The smallest absolute Gasteiger partial charge is 0.237 e. The van der Waals surface area contributed by atoms with E-state index in [4.69, 9.17) is 0 Å². The van der Waals surface area contributed by atoms with Crippen LogP contribution in [0, 0.1) is 0 Å². The van der Waals surface area contributed by atoms with E-state index in [0.717, 1.165) is 25.9 Å². The van der Waals surface area contributed by atoms with Gasteiger partial charge in [-0.15, -0.1) is 11.3 Å². The molecule has 0 aliphatic carbocycles. The third kappa shape index (κ3) is 4.17. The Hall–Kier alpha value is -1.73. The lowest BCUT2D eigenvalue weighted by molar-refractivity contribution is -0.127. The summed E-state index contributed by atoms with van der Waals surface area (Å²) in [4.78, 5) is 20.0. The van der Waals surface area contributed by atoms with Gasteiger partial charge in [0, 0.05) is 10.9 Å². The van der Waals surface area contributed by atoms with E-state index in [-0.39, 0.29) is 11.9 Å². The molecule has 1 aliphatic heterocycles. The monoisotopic (exact) mass is 333 g/mol. The number of aromatic nitrogens is 3. The second-order valence-corrected chi connectivity index (χ2v) is 7.01. The van der Waals surface area contributed by atoms with Gasteiger partial charge in [0.15, 0.2) is 0 Å². The lowest BCUT2D eigenvalue weighted by Crippen LogP contribution is -2.52. The number of likely N-dealkylation sites (tertiary alicyclic amines) is 1. The zero-order valence-corrected chi connectivity index (χ0v) is 14.2. The van der Waals surface area contributed by atoms with Crippen LogP contribution in [0.1, 0.15) is 31.1 Å². The molecule has 2 aromatic rings. The summed E-state index contributed by atoms with van der Waals surface area (Å²) in [5.74, 6) is 0.101. The average molecular weight is 333 g/mol. The van der Waals surface area contributed by atoms with Gasteiger partial charge in [0.1, 0.15) is 12.7 Å². The lowest BCUT2D eigenvalue weighted by Gasteiger charge is -2.39. The SMILES string of the molecule is C[C@H](C(=O)NCc1cccs1)N1CCCC[C@H]1Cn1cncn1. The molecule has 2 aromatic heterocycles. The maximum atomic E-state index is 12.5. The van der Waals surface area contributed by atoms with Crippen LogP contribution in [0.3, 0.4) is 0 Å². The van der Waals surface area contributed by atoms with Crippen LogP contribution in [0.2, 0.25) is 0 Å². The molecular formula is C16H23N5OS. The minimum absolute atomic E-state index is 0.101. The van der Waals surface area contributed by atoms with E-state index < -0.39 is 0 Å². The Balaban J connectivity index is 1.58. The molecule has 124 valence electrons. The van der Waals surface area contributed by atoms with Crippen LogP contribution in [-0.4, -0.2) is 44.2 Å². The molecular weight excluding hydrogens is 310 g/mol. The summed E-state index contributed by atoms with van der Waals surface area (Å²) in [5.41, 5.74) is 0. The molecule has 6 nitrogen and oxygen atoms in total. The van der Waals surface area contributed by atoms with Gasteiger partial charge in [-0.2, -0.15) is 5.10 Å². The number of nitrogens with one attached hydrogen (secondary N) is 1. The number of piperidine rings is 1. The van der Waals surface area contributed by atoms with Gasteiger partial charge in [0.05, 0.1) is 19.1 Å². The van der Waals surface area contributed by atoms with Crippen LogP contribution in [0.25, 0.3) is 0 Å². The number of nitrogens with zero attached hydrogens (tertiary/aromatic N) is 4. The van der Waals surface area contributed by atoms with Crippen molar-refractivity contribution in [2.75, 3.05) is 6.54 Å². The number of amides is 1. The summed E-state index contributed by atoms with van der Waals surface area (Å²) >= 11 is 1.67. The predicted molar refractivity (Wildman–Crippen MR) is 90.0 cm³/mol. The maximum Gasteiger partial charge on any atom is 0.237 e. The Morgan fingerprint density at radius 1 is 1.52 bits per heavy atom. The Kier molecular flexibility index (Phi) is 5.40. The van der Waals surface area contributed by atoms with Crippen LogP contribution in [0.15, 0.2) is 30.2 Å². The molecule has 1 saturated heterocycles. The third-order valence-corrected chi connectivity index (χ3v) is 5.31. The van der Waals surface area contributed by atoms with E-state index in [2.05, 4.69) is 20.3 Å². The molecule has 1 amide bonds. The molecule has 23 heavy (non-hydrogen) atoms. The normalized spacial score (nSPS) is 20.3. The number of thiophene rings is 1. The highest BCUT2D eigenvalue weighted by molar-refractivity contribution is 7.09. The summed E-state index contributed by atoms with van der Waals surface area (Å²) in [7, 11) is 0. The van der Waals surface area contributed by atoms with Crippen molar-refractivity contribution >= 4 is 17.2 Å². The third-order valence-electron chi connectivity index (χ3n) is 4.43. The minimum atomic E-state index is -0.121. The molecule has 1 aliphatic rings. The predicted octanol–water partition coefficient (Wildman–Crippen LogP) is 1.90. The van der Waals surface area contributed by atoms with Crippen molar-refractivity contribution in [2.24, 2.45) is 0 Å². The van der Waals surface area contributed by atoms with E-state index in [0.29, 0.717) is 12.6 Å². The number of carbonyl (C=O) groups excluding carboxylic acids is 1. The average Bonchev–Trinajstić information content (AvgIpc) is 3.26. The first-order chi connectivity index (χ1) is 11.2. The molecule has 3 heterocycles. The Morgan fingerprint density at radius 3 is 3.17 bits per heavy atom. The van der Waals surface area contributed by atoms with Crippen molar-refractivity contribution in [3.8, 4) is 0 Å². The number of carbonyl (C=O) groups is 1. The Labute approximate surface area is 140 Å². The summed E-state index contributed by atoms with van der Waals surface area (Å²) in [6, 6.07) is 4.27. The first-order valence-corrected chi connectivity index (χ1v) is 9.00. The molecule has 0 saturated carbocycles. The molecule has 0 bridgehead atoms. The molecule has 2 atom stereocenters. The van der Waals surface area contributed by atoms with Gasteiger partial charge in [0.2, 0.25) is 5.91 Å². The second-order valence-electron chi connectivity index (χ2n) is 5.98. The lowest BCUT2D eigenvalue weighted by atomic mass is 9.99. The van der Waals surface area contributed by atoms with Gasteiger partial charge in [0.25, 0.3) is 0 Å². The molecule has 1 fully saturated rings. The highest BCUT2D eigenvalue weighted by atomic mass is 32.1. The minimum Gasteiger partial charge on any atom is -0.350 e. The van der Waals surface area contributed by atoms with Crippen LogP contribution >= 0.6 is 11.3 Å². The van der Waals surface area contributed by atoms with Crippen molar-refractivity contribution in [2.45, 2.75) is 51.4 Å². The van der Waals surface area contributed by atoms with Gasteiger partial charge < -0.3 is 5.32 Å². The van der Waals surface area contributed by atoms with Gasteiger partial charge in [-0.25, -0.2) is 4.98 Å². The Morgan fingerprint density at radius 2 is 2.43 bits per heavy atom. The maximum absolute atomic E-state index is 12.5. The molecule has 0 spiro atoms. The number of hydrogen-bond donors (Lipinski definition) is 1. The molecule has 0 radical (unpaired) electrons. The van der Waals surface area contributed by atoms with Crippen molar-refractivity contribution < 1.29 is 4.79 Å². The summed E-state index contributed by atoms with van der Waals surface area (Å²) in [6.45, 7) is 4.38. The first-order valence-electron chi connectivity index (χ1n) is 8.12. The van der Waals surface area contributed by atoms with E-state index in [1.807, 2.05) is 29.1 Å². The molecule has 0 aromatic carbocycles. The van der Waals surface area contributed by atoms with Gasteiger partial charge in [-0.05, 0) is 37.8 Å². The highest BCUT2D eigenvalue weighted by Gasteiger charge is 2.30. The number of rotatable bonds is 6. The van der Waals surface area contributed by atoms with Crippen molar-refractivity contribution in [1.82, 2.24) is 25.0 Å². The van der Waals surface area contributed by atoms with E-state index in [9.17, 15) is 4.79 Å². The Bertz CT molecular complexity index is 598. The van der Waals surface area contributed by atoms with Crippen LogP contribution in [0.5, 0.6) is 0 Å². The zero-order chi connectivity index (χ0) is 16.1. The fourth-order valence-electron chi connectivity index (χ4n) is 3.16. The van der Waals surface area contributed by atoms with Crippen molar-refractivity contribution in [1.29, 1.82) is 0 Å². The molecule has 1 N–H and O–H groups in total. The summed E-state index contributed by atoms with van der Waals surface area (Å²) in [5, 5.41) is 9.29. The largest absolute Gasteiger partial charge is 0.350 e. The van der Waals surface area contributed by atoms with Gasteiger partial charge in [-0.1, -0.05) is 12.5 Å². The van der Waals surface area contributed by atoms with Crippen LogP contribution in [-0.2, 0) is 17.9 Å². The zero-order valence-electron chi connectivity index (χ0n) is 13.4. The summed E-state index contributed by atoms with van der Waals surface area (Å²) in [6.07, 6.45) is 6.76. The van der Waals surface area contributed by atoms with E-state index >= 15 is 0 Å². The van der Waals surface area contributed by atoms with Gasteiger partial charge in [-0.3, -0.25) is 14.4 Å². The van der Waals surface area contributed by atoms with Crippen LogP contribution < -0.4 is 5.32 Å². The fraction of sp³-hybridized carbons (Fsp3) is 0.562. The van der Waals surface area contributed by atoms with E-state index in [1.54, 1.807) is 24.0 Å². The quantitative estimate of drug-likeness (QED) is 0.877. The summed E-state index contributed by atoms with van der Waals surface area (Å²) < 4.78 is 1.86. The van der Waals surface area contributed by atoms with Crippen LogP contribution in [0.4, 0.5) is 0 Å². The van der Waals surface area contributed by atoms with E-state index in [1.165, 1.54) is 11.3 Å². The standard InChI is InChI=1S/C16H23N5OS/c1-13(16(22)18-9-15-6-4-8-23-15)21-7-3-2-5-14(21)10-20-12-17-11-19-20/h4,6,8,11-14H,2-3,5,7,9-10H2,1H3,(H,18,22)/t13-,14+/m1/s1. The molecule has 0 unspecified atom stereocenters. The first kappa shape index (κ1) is 16.1. The highest BCUT2D eigenvalue weighted by Crippen LogP contribution is 2.21. The second kappa shape index (κ2) is 7.70. The number of hydrogen-bond acceptors (Lipinski definition) is 5. The topological polar surface area (TPSA) is 63.1 Å². The fourth-order valence-corrected chi connectivity index (χ4v) is 3.80. The molecule has 3 rings (SSSR count). The molecule has 7 heteroatoms. The van der Waals surface area contributed by atoms with Crippen molar-refractivity contribution in [3.05, 3.63) is 35.0 Å².